The number of nitrogens with zero attached hydrogens (tertiary/aromatic N) is 1. The maximum absolute atomic E-state index is 12.7. The summed E-state index contributed by atoms with van der Waals surface area (Å²) in [7, 11) is -3.69. The van der Waals surface area contributed by atoms with Crippen molar-refractivity contribution in [3.05, 3.63) is 59.2 Å². The van der Waals surface area contributed by atoms with E-state index in [4.69, 9.17) is 0 Å². The predicted molar refractivity (Wildman–Crippen MR) is 120 cm³/mol. The van der Waals surface area contributed by atoms with E-state index in [-0.39, 0.29) is 5.91 Å². The lowest BCUT2D eigenvalue weighted by Gasteiger charge is -2.23. The van der Waals surface area contributed by atoms with Crippen LogP contribution in [0.15, 0.2) is 42.5 Å². The number of amides is 2. The van der Waals surface area contributed by atoms with E-state index in [0.717, 1.165) is 34.5 Å². The zero-order valence-corrected chi connectivity index (χ0v) is 18.7. The van der Waals surface area contributed by atoms with Crippen LogP contribution in [0.25, 0.3) is 0 Å². The second kappa shape index (κ2) is 10.2. The average molecular weight is 432 g/mol. The molecule has 2 amide bonds. The first-order valence-electron chi connectivity index (χ1n) is 9.85. The van der Waals surface area contributed by atoms with Gasteiger partial charge in [-0.1, -0.05) is 31.5 Å². The number of para-hydroxylation sites is 1. The Kier molecular flexibility index (Phi) is 8.00. The number of rotatable bonds is 9. The summed E-state index contributed by atoms with van der Waals surface area (Å²) in [5, 5.41) is 5.50. The molecular weight excluding hydrogens is 402 g/mol. The lowest BCUT2D eigenvalue weighted by molar-refractivity contribution is -0.114. The third-order valence-electron chi connectivity index (χ3n) is 4.44. The predicted octanol–water partition coefficient (Wildman–Crippen LogP) is 3.24. The number of hydrogen-bond acceptors (Lipinski definition) is 4. The molecule has 0 spiro atoms. The highest BCUT2D eigenvalue weighted by atomic mass is 32.2. The fourth-order valence-corrected chi connectivity index (χ4v) is 3.92. The smallest absolute Gasteiger partial charge is 0.253 e. The van der Waals surface area contributed by atoms with Gasteiger partial charge >= 0.3 is 0 Å². The highest BCUT2D eigenvalue weighted by Crippen LogP contribution is 2.22. The van der Waals surface area contributed by atoms with Gasteiger partial charge in [-0.3, -0.25) is 13.9 Å². The van der Waals surface area contributed by atoms with Crippen molar-refractivity contribution in [3.63, 3.8) is 0 Å². The number of unbranched alkanes of at least 4 members (excludes halogenated alkanes) is 1. The minimum Gasteiger partial charge on any atom is -0.352 e. The molecule has 2 aromatic rings. The number of hydrogen-bond donors (Lipinski definition) is 2. The van der Waals surface area contributed by atoms with E-state index >= 15 is 0 Å². The summed E-state index contributed by atoms with van der Waals surface area (Å²) in [6.07, 6.45) is 2.88. The number of carbonyl (C=O) groups is 2. The van der Waals surface area contributed by atoms with Crippen LogP contribution in [0.4, 0.5) is 11.4 Å². The van der Waals surface area contributed by atoms with Gasteiger partial charge in [-0.2, -0.15) is 0 Å². The van der Waals surface area contributed by atoms with Crippen LogP contribution in [0.1, 0.15) is 41.3 Å². The molecule has 0 atom stereocenters. The Morgan fingerprint density at radius 2 is 1.67 bits per heavy atom. The van der Waals surface area contributed by atoms with Crippen LogP contribution in [0.3, 0.4) is 0 Å². The van der Waals surface area contributed by atoms with E-state index in [0.29, 0.717) is 23.5 Å². The van der Waals surface area contributed by atoms with Gasteiger partial charge < -0.3 is 10.6 Å². The molecule has 2 rings (SSSR count). The number of benzene rings is 2. The Bertz CT molecular complexity index is 999. The van der Waals surface area contributed by atoms with E-state index in [1.54, 1.807) is 36.4 Å². The summed E-state index contributed by atoms with van der Waals surface area (Å²) in [5.41, 5.74) is 2.89. The van der Waals surface area contributed by atoms with Gasteiger partial charge in [-0.15, -0.1) is 0 Å². The molecule has 0 heterocycles. The molecule has 7 nitrogen and oxygen atoms in total. The molecule has 0 fully saturated rings. The van der Waals surface area contributed by atoms with Gasteiger partial charge in [0, 0.05) is 6.54 Å². The van der Waals surface area contributed by atoms with Crippen LogP contribution in [-0.2, 0) is 14.8 Å². The molecule has 0 radical (unpaired) electrons. The monoisotopic (exact) mass is 431 g/mol. The Labute approximate surface area is 178 Å². The van der Waals surface area contributed by atoms with Crippen LogP contribution in [0, 0.1) is 13.8 Å². The van der Waals surface area contributed by atoms with Crippen molar-refractivity contribution in [3.8, 4) is 0 Å². The van der Waals surface area contributed by atoms with Crippen molar-refractivity contribution in [1.82, 2.24) is 5.32 Å². The molecule has 0 aliphatic carbocycles. The van der Waals surface area contributed by atoms with Crippen LogP contribution in [0.2, 0.25) is 0 Å². The van der Waals surface area contributed by atoms with Crippen LogP contribution in [-0.4, -0.2) is 39.6 Å². The molecule has 0 aliphatic rings. The van der Waals surface area contributed by atoms with E-state index in [1.807, 2.05) is 26.8 Å². The molecule has 0 unspecified atom stereocenters. The second-order valence-corrected chi connectivity index (χ2v) is 9.23. The van der Waals surface area contributed by atoms with Crippen molar-refractivity contribution < 1.29 is 18.0 Å². The molecule has 0 saturated heterocycles. The Morgan fingerprint density at radius 3 is 2.27 bits per heavy atom. The molecule has 2 N–H and O–H groups in total. The molecule has 8 heteroatoms. The number of carbonyl (C=O) groups excluding carboxylic acids is 2. The van der Waals surface area contributed by atoms with Crippen molar-refractivity contribution in [2.24, 2.45) is 0 Å². The van der Waals surface area contributed by atoms with Crippen molar-refractivity contribution in [2.75, 3.05) is 29.0 Å². The molecule has 0 bridgehead atoms. The van der Waals surface area contributed by atoms with Crippen LogP contribution in [0.5, 0.6) is 0 Å². The number of nitrogens with one attached hydrogen (secondary N) is 2. The third kappa shape index (κ3) is 6.59. The zero-order chi connectivity index (χ0) is 22.3. The van der Waals surface area contributed by atoms with E-state index in [9.17, 15) is 18.0 Å². The van der Waals surface area contributed by atoms with Crippen molar-refractivity contribution in [1.29, 1.82) is 0 Å². The summed E-state index contributed by atoms with van der Waals surface area (Å²) in [6.45, 7) is 5.91. The van der Waals surface area contributed by atoms with Crippen LogP contribution < -0.4 is 14.9 Å². The van der Waals surface area contributed by atoms with Gasteiger partial charge in [0.1, 0.15) is 6.54 Å². The first kappa shape index (κ1) is 23.4. The molecule has 0 saturated carbocycles. The summed E-state index contributed by atoms with van der Waals surface area (Å²) in [6, 6.07) is 12.0. The molecular formula is C22H29N3O4S. The quantitative estimate of drug-likeness (QED) is 0.596. The van der Waals surface area contributed by atoms with E-state index < -0.39 is 22.5 Å². The molecule has 0 aromatic heterocycles. The maximum Gasteiger partial charge on any atom is 0.253 e. The SMILES string of the molecule is CCCCNC(=O)c1ccccc1NC(=O)CN(c1cc(C)cc(C)c1)S(C)(=O)=O. The summed E-state index contributed by atoms with van der Waals surface area (Å²) in [4.78, 5) is 25.1. The zero-order valence-electron chi connectivity index (χ0n) is 17.9. The topological polar surface area (TPSA) is 95.6 Å². The minimum atomic E-state index is -3.69. The Morgan fingerprint density at radius 1 is 1.03 bits per heavy atom. The normalized spacial score (nSPS) is 11.1. The summed E-state index contributed by atoms with van der Waals surface area (Å²) < 4.78 is 25.8. The first-order valence-corrected chi connectivity index (χ1v) is 11.7. The lowest BCUT2D eigenvalue weighted by atomic mass is 10.1. The van der Waals surface area contributed by atoms with E-state index in [1.165, 1.54) is 0 Å². The average Bonchev–Trinajstić information content (AvgIpc) is 2.65. The Balaban J connectivity index is 2.22. The molecule has 0 aliphatic heterocycles. The van der Waals surface area contributed by atoms with Crippen LogP contribution >= 0.6 is 0 Å². The number of anilines is 2. The molecule has 162 valence electrons. The minimum absolute atomic E-state index is 0.284. The summed E-state index contributed by atoms with van der Waals surface area (Å²) >= 11 is 0. The molecule has 2 aromatic carbocycles. The second-order valence-electron chi connectivity index (χ2n) is 7.32. The standard InChI is InChI=1S/C22H29N3O4S/c1-5-6-11-23-22(27)19-9-7-8-10-20(19)24-21(26)15-25(30(4,28)29)18-13-16(2)12-17(3)14-18/h7-10,12-14H,5-6,11,15H2,1-4H3,(H,23,27)(H,24,26). The van der Waals surface area contributed by atoms with Crippen molar-refractivity contribution in [2.45, 2.75) is 33.6 Å². The highest BCUT2D eigenvalue weighted by molar-refractivity contribution is 7.92. The number of sulfonamides is 1. The maximum atomic E-state index is 12.7. The first-order chi connectivity index (χ1) is 14.1. The summed E-state index contributed by atoms with van der Waals surface area (Å²) in [5.74, 6) is -0.818. The lowest BCUT2D eigenvalue weighted by Crippen LogP contribution is -2.38. The fourth-order valence-electron chi connectivity index (χ4n) is 3.08. The van der Waals surface area contributed by atoms with Gasteiger partial charge in [0.15, 0.2) is 0 Å². The van der Waals surface area contributed by atoms with Crippen molar-refractivity contribution >= 4 is 33.2 Å². The van der Waals surface area contributed by atoms with Gasteiger partial charge in [-0.05, 0) is 55.7 Å². The third-order valence-corrected chi connectivity index (χ3v) is 5.58. The Hall–Kier alpha value is -2.87. The van der Waals surface area contributed by atoms with Gasteiger partial charge in [0.2, 0.25) is 15.9 Å². The number of aryl methyl sites for hydroxylation is 2. The van der Waals surface area contributed by atoms with Gasteiger partial charge in [0.05, 0.1) is 23.2 Å². The molecule has 30 heavy (non-hydrogen) atoms. The highest BCUT2D eigenvalue weighted by Gasteiger charge is 2.22. The van der Waals surface area contributed by atoms with E-state index in [2.05, 4.69) is 10.6 Å². The largest absolute Gasteiger partial charge is 0.352 e. The fraction of sp³-hybridized carbons (Fsp3) is 0.364. The van der Waals surface area contributed by atoms with Gasteiger partial charge in [0.25, 0.3) is 5.91 Å². The van der Waals surface area contributed by atoms with Gasteiger partial charge in [-0.25, -0.2) is 8.42 Å².